The summed E-state index contributed by atoms with van der Waals surface area (Å²) < 4.78 is 0. The van der Waals surface area contributed by atoms with Crippen molar-refractivity contribution in [2.75, 3.05) is 11.4 Å². The van der Waals surface area contributed by atoms with Gasteiger partial charge >= 0.3 is 0 Å². The first-order valence-corrected chi connectivity index (χ1v) is 7.85. The molecule has 0 bridgehead atoms. The number of aliphatic hydroxyl groups is 1. The highest BCUT2D eigenvalue weighted by Gasteiger charge is 2.20. The first kappa shape index (κ1) is 14.4. The lowest BCUT2D eigenvalue weighted by Gasteiger charge is -2.27. The molecule has 3 heteroatoms. The number of aryl methyl sites for hydroxylation is 2. The SMILES string of the molecule is CC(O)CCN1c2ccccc2CCc2ccc(Cl)cc21. The quantitative estimate of drug-likeness (QED) is 0.911. The molecule has 0 saturated carbocycles. The topological polar surface area (TPSA) is 23.5 Å². The van der Waals surface area contributed by atoms with Crippen molar-refractivity contribution in [3.05, 3.63) is 58.6 Å². The second kappa shape index (κ2) is 6.08. The highest BCUT2D eigenvalue weighted by Crippen LogP contribution is 2.37. The molecule has 2 nitrogen and oxygen atoms in total. The highest BCUT2D eigenvalue weighted by atomic mass is 35.5. The molecule has 1 atom stereocenters. The fraction of sp³-hybridized carbons (Fsp3) is 0.333. The molecule has 110 valence electrons. The van der Waals surface area contributed by atoms with Gasteiger partial charge in [-0.05, 0) is 55.5 Å². The van der Waals surface area contributed by atoms with E-state index in [0.29, 0.717) is 0 Å². The van der Waals surface area contributed by atoms with Crippen LogP contribution in [0.2, 0.25) is 5.02 Å². The zero-order chi connectivity index (χ0) is 14.8. The minimum atomic E-state index is -0.303. The van der Waals surface area contributed by atoms with Crippen molar-refractivity contribution in [1.29, 1.82) is 0 Å². The van der Waals surface area contributed by atoms with Crippen LogP contribution in [-0.2, 0) is 12.8 Å². The van der Waals surface area contributed by atoms with Gasteiger partial charge < -0.3 is 10.0 Å². The van der Waals surface area contributed by atoms with Crippen molar-refractivity contribution in [3.63, 3.8) is 0 Å². The summed E-state index contributed by atoms with van der Waals surface area (Å²) in [4.78, 5) is 2.30. The number of nitrogens with zero attached hydrogens (tertiary/aromatic N) is 1. The molecule has 1 heterocycles. The van der Waals surface area contributed by atoms with E-state index in [9.17, 15) is 5.11 Å². The fourth-order valence-electron chi connectivity index (χ4n) is 2.94. The van der Waals surface area contributed by atoms with Gasteiger partial charge in [-0.25, -0.2) is 0 Å². The van der Waals surface area contributed by atoms with Crippen LogP contribution in [-0.4, -0.2) is 17.8 Å². The van der Waals surface area contributed by atoms with Crippen molar-refractivity contribution in [3.8, 4) is 0 Å². The Morgan fingerprint density at radius 1 is 1.10 bits per heavy atom. The number of hydrogen-bond donors (Lipinski definition) is 1. The van der Waals surface area contributed by atoms with Crippen molar-refractivity contribution in [2.45, 2.75) is 32.3 Å². The number of hydrogen-bond acceptors (Lipinski definition) is 2. The molecule has 0 saturated heterocycles. The Kier molecular flexibility index (Phi) is 4.18. The van der Waals surface area contributed by atoms with Crippen molar-refractivity contribution in [2.24, 2.45) is 0 Å². The average Bonchev–Trinajstić information content (AvgIpc) is 2.62. The van der Waals surface area contributed by atoms with Gasteiger partial charge in [0.2, 0.25) is 0 Å². The van der Waals surface area contributed by atoms with Gasteiger partial charge in [0.05, 0.1) is 6.10 Å². The standard InChI is InChI=1S/C18H20ClNO/c1-13(21)10-11-20-17-5-3-2-4-14(17)6-7-15-8-9-16(19)12-18(15)20/h2-5,8-9,12-13,21H,6-7,10-11H2,1H3. The first-order valence-electron chi connectivity index (χ1n) is 7.47. The maximum atomic E-state index is 9.65. The van der Waals surface area contributed by atoms with Crippen LogP contribution >= 0.6 is 11.6 Å². The zero-order valence-electron chi connectivity index (χ0n) is 12.2. The highest BCUT2D eigenvalue weighted by molar-refractivity contribution is 6.30. The minimum absolute atomic E-state index is 0.303. The number of anilines is 2. The van der Waals surface area contributed by atoms with E-state index in [2.05, 4.69) is 35.2 Å². The lowest BCUT2D eigenvalue weighted by atomic mass is 10.0. The molecule has 2 aromatic rings. The molecular weight excluding hydrogens is 282 g/mol. The molecule has 0 amide bonds. The number of para-hydroxylation sites is 1. The number of fused-ring (bicyclic) bond motifs is 2. The maximum Gasteiger partial charge on any atom is 0.0529 e. The summed E-state index contributed by atoms with van der Waals surface area (Å²) in [6, 6.07) is 14.6. The van der Waals surface area contributed by atoms with E-state index in [-0.39, 0.29) is 6.10 Å². The average molecular weight is 302 g/mol. The summed E-state index contributed by atoms with van der Waals surface area (Å²) in [5.41, 5.74) is 5.09. The van der Waals surface area contributed by atoms with Crippen LogP contribution in [0.3, 0.4) is 0 Å². The van der Waals surface area contributed by atoms with E-state index < -0.39 is 0 Å². The molecule has 1 aliphatic heterocycles. The Labute approximate surface area is 131 Å². The van der Waals surface area contributed by atoms with Crippen LogP contribution < -0.4 is 4.90 Å². The van der Waals surface area contributed by atoms with Crippen LogP contribution in [0.1, 0.15) is 24.5 Å². The van der Waals surface area contributed by atoms with E-state index in [1.807, 2.05) is 19.1 Å². The monoisotopic (exact) mass is 301 g/mol. The molecule has 0 spiro atoms. The number of rotatable bonds is 3. The third-order valence-electron chi connectivity index (χ3n) is 4.05. The van der Waals surface area contributed by atoms with Gasteiger partial charge in [-0.3, -0.25) is 0 Å². The van der Waals surface area contributed by atoms with Crippen LogP contribution in [0.15, 0.2) is 42.5 Å². The molecule has 1 unspecified atom stereocenters. The van der Waals surface area contributed by atoms with Crippen LogP contribution in [0.25, 0.3) is 0 Å². The summed E-state index contributed by atoms with van der Waals surface area (Å²) in [6.45, 7) is 2.63. The molecule has 0 radical (unpaired) electrons. The summed E-state index contributed by atoms with van der Waals surface area (Å²) in [5.74, 6) is 0. The predicted octanol–water partition coefficient (Wildman–Crippen LogP) is 4.35. The molecule has 1 aliphatic rings. The summed E-state index contributed by atoms with van der Waals surface area (Å²) in [7, 11) is 0. The van der Waals surface area contributed by atoms with E-state index in [4.69, 9.17) is 11.6 Å². The van der Waals surface area contributed by atoms with Gasteiger partial charge in [0.15, 0.2) is 0 Å². The Morgan fingerprint density at radius 2 is 1.81 bits per heavy atom. The van der Waals surface area contributed by atoms with Gasteiger partial charge in [-0.1, -0.05) is 35.9 Å². The molecular formula is C18H20ClNO. The number of halogens is 1. The van der Waals surface area contributed by atoms with E-state index >= 15 is 0 Å². The Balaban J connectivity index is 2.07. The van der Waals surface area contributed by atoms with Crippen molar-refractivity contribution >= 4 is 23.0 Å². The largest absolute Gasteiger partial charge is 0.393 e. The van der Waals surface area contributed by atoms with Crippen LogP contribution in [0, 0.1) is 0 Å². The van der Waals surface area contributed by atoms with Crippen molar-refractivity contribution < 1.29 is 5.11 Å². The Hall–Kier alpha value is -1.51. The summed E-state index contributed by atoms with van der Waals surface area (Å²) in [6.07, 6.45) is 2.49. The number of benzene rings is 2. The zero-order valence-corrected chi connectivity index (χ0v) is 13.0. The van der Waals surface area contributed by atoms with E-state index in [0.717, 1.165) is 30.8 Å². The minimum Gasteiger partial charge on any atom is -0.393 e. The molecule has 0 aromatic heterocycles. The normalized spacial score (nSPS) is 15.1. The lowest BCUT2D eigenvalue weighted by Crippen LogP contribution is -2.22. The van der Waals surface area contributed by atoms with Crippen molar-refractivity contribution in [1.82, 2.24) is 0 Å². The lowest BCUT2D eigenvalue weighted by molar-refractivity contribution is 0.187. The first-order chi connectivity index (χ1) is 10.1. The fourth-order valence-corrected chi connectivity index (χ4v) is 3.11. The molecule has 0 aliphatic carbocycles. The second-order valence-electron chi connectivity index (χ2n) is 5.69. The van der Waals surface area contributed by atoms with Gasteiger partial charge in [0.25, 0.3) is 0 Å². The van der Waals surface area contributed by atoms with Gasteiger partial charge in [-0.15, -0.1) is 0 Å². The molecule has 21 heavy (non-hydrogen) atoms. The van der Waals surface area contributed by atoms with Crippen LogP contribution in [0.5, 0.6) is 0 Å². The number of aliphatic hydroxyl groups excluding tert-OH is 1. The molecule has 2 aromatic carbocycles. The molecule has 3 rings (SSSR count). The summed E-state index contributed by atoms with van der Waals surface area (Å²) >= 11 is 6.21. The maximum absolute atomic E-state index is 9.65. The van der Waals surface area contributed by atoms with Gasteiger partial charge in [0.1, 0.15) is 0 Å². The Morgan fingerprint density at radius 3 is 2.57 bits per heavy atom. The predicted molar refractivity (Wildman–Crippen MR) is 88.6 cm³/mol. The second-order valence-corrected chi connectivity index (χ2v) is 6.13. The summed E-state index contributed by atoms with van der Waals surface area (Å²) in [5, 5.41) is 10.4. The van der Waals surface area contributed by atoms with E-state index in [1.54, 1.807) is 0 Å². The van der Waals surface area contributed by atoms with Gasteiger partial charge in [0, 0.05) is 22.9 Å². The molecule has 0 fully saturated rings. The van der Waals surface area contributed by atoms with E-state index in [1.165, 1.54) is 22.5 Å². The van der Waals surface area contributed by atoms with Crippen LogP contribution in [0.4, 0.5) is 11.4 Å². The Bertz CT molecular complexity index is 639. The molecule has 1 N–H and O–H groups in total. The smallest absolute Gasteiger partial charge is 0.0529 e. The third-order valence-corrected chi connectivity index (χ3v) is 4.29. The third kappa shape index (κ3) is 3.07. The van der Waals surface area contributed by atoms with Gasteiger partial charge in [-0.2, -0.15) is 0 Å².